The first kappa shape index (κ1) is 20.2. The van der Waals surface area contributed by atoms with Crippen LogP contribution in [0.4, 0.5) is 5.69 Å². The van der Waals surface area contributed by atoms with Crippen LogP contribution in [0.5, 0.6) is 5.75 Å². The quantitative estimate of drug-likeness (QED) is 0.250. The number of phenols is 1. The zero-order chi connectivity index (χ0) is 21.3. The summed E-state index contributed by atoms with van der Waals surface area (Å²) in [5.74, 6) is -0.251. The second-order valence-electron chi connectivity index (χ2n) is 7.47. The van der Waals surface area contributed by atoms with Crippen molar-refractivity contribution in [3.63, 3.8) is 0 Å². The molecule has 4 nitrogen and oxygen atoms in total. The maximum absolute atomic E-state index is 13.0. The van der Waals surface area contributed by atoms with Crippen LogP contribution in [-0.2, 0) is 12.2 Å². The van der Waals surface area contributed by atoms with Crippen molar-refractivity contribution in [2.75, 3.05) is 5.73 Å². The van der Waals surface area contributed by atoms with Gasteiger partial charge in [-0.05, 0) is 30.0 Å². The number of nitrogens with two attached hydrogens (primary N) is 1. The molecule has 3 N–H and O–H groups in total. The molecule has 152 valence electrons. The third-order valence-corrected chi connectivity index (χ3v) is 6.54. The summed E-state index contributed by atoms with van der Waals surface area (Å²) in [4.78, 5) is 26.5. The number of aromatic hydroxyl groups is 1. The average molecular weight is 418 g/mol. The van der Waals surface area contributed by atoms with Crippen LogP contribution < -0.4 is 5.73 Å². The molecule has 0 atom stereocenters. The standard InChI is InChI=1S/C25H23NO3S/c1-2-3-6-15-9-11-16(12-10-15)14-30-20-13-19(27)21-22(23(20)26)25(29)18-8-5-4-7-17(18)24(21)28/h4-5,7-13,27H,2-3,6,14,26H2,1H3. The van der Waals surface area contributed by atoms with Gasteiger partial charge >= 0.3 is 0 Å². The van der Waals surface area contributed by atoms with E-state index in [0.29, 0.717) is 21.8 Å². The number of hydrogen-bond acceptors (Lipinski definition) is 5. The van der Waals surface area contributed by atoms with Gasteiger partial charge in [0.25, 0.3) is 0 Å². The monoisotopic (exact) mass is 417 g/mol. The van der Waals surface area contributed by atoms with Gasteiger partial charge in [-0.15, -0.1) is 11.8 Å². The van der Waals surface area contributed by atoms with Crippen LogP contribution in [0.1, 0.15) is 62.7 Å². The molecule has 0 radical (unpaired) electrons. The smallest absolute Gasteiger partial charge is 0.198 e. The predicted octanol–water partition coefficient (Wildman–Crippen LogP) is 5.38. The first-order valence-electron chi connectivity index (χ1n) is 10.1. The summed E-state index contributed by atoms with van der Waals surface area (Å²) < 4.78 is 0. The summed E-state index contributed by atoms with van der Waals surface area (Å²) in [7, 11) is 0. The van der Waals surface area contributed by atoms with Crippen LogP contribution in [0.3, 0.4) is 0 Å². The molecular formula is C25H23NO3S. The Hall–Kier alpha value is -3.05. The molecule has 0 saturated carbocycles. The lowest BCUT2D eigenvalue weighted by Gasteiger charge is -2.21. The lowest BCUT2D eigenvalue weighted by Crippen LogP contribution is -2.22. The Balaban J connectivity index is 1.61. The molecule has 1 aliphatic carbocycles. The molecule has 5 heteroatoms. The summed E-state index contributed by atoms with van der Waals surface area (Å²) >= 11 is 1.45. The highest BCUT2D eigenvalue weighted by Gasteiger charge is 2.34. The fourth-order valence-electron chi connectivity index (χ4n) is 3.74. The zero-order valence-corrected chi connectivity index (χ0v) is 17.6. The number of phenolic OH excluding ortho intramolecular Hbond substituents is 1. The average Bonchev–Trinajstić information content (AvgIpc) is 2.77. The highest BCUT2D eigenvalue weighted by molar-refractivity contribution is 7.98. The molecule has 0 heterocycles. The van der Waals surface area contributed by atoms with E-state index in [9.17, 15) is 14.7 Å². The van der Waals surface area contributed by atoms with Gasteiger partial charge in [-0.1, -0.05) is 61.9 Å². The molecule has 3 aromatic rings. The topological polar surface area (TPSA) is 80.4 Å². The third kappa shape index (κ3) is 3.61. The largest absolute Gasteiger partial charge is 0.507 e. The summed E-state index contributed by atoms with van der Waals surface area (Å²) in [5, 5.41) is 10.5. The second-order valence-corrected chi connectivity index (χ2v) is 8.49. The summed E-state index contributed by atoms with van der Waals surface area (Å²) in [5.41, 5.74) is 9.75. The molecule has 0 aliphatic heterocycles. The van der Waals surface area contributed by atoms with Crippen molar-refractivity contribution in [1.82, 2.24) is 0 Å². The number of carbonyl (C=O) groups is 2. The first-order valence-corrected chi connectivity index (χ1v) is 11.0. The van der Waals surface area contributed by atoms with Crippen molar-refractivity contribution in [3.8, 4) is 5.75 Å². The van der Waals surface area contributed by atoms with Gasteiger partial charge in [-0.3, -0.25) is 9.59 Å². The number of unbranched alkanes of at least 4 members (excludes halogenated alkanes) is 1. The minimum atomic E-state index is -0.372. The number of carbonyl (C=O) groups excluding carboxylic acids is 2. The van der Waals surface area contributed by atoms with Gasteiger partial charge in [0.2, 0.25) is 0 Å². The van der Waals surface area contributed by atoms with Gasteiger partial charge < -0.3 is 10.8 Å². The summed E-state index contributed by atoms with van der Waals surface area (Å²) in [6.07, 6.45) is 3.42. The number of ketones is 2. The fraction of sp³-hybridized carbons (Fsp3) is 0.200. The van der Waals surface area contributed by atoms with Gasteiger partial charge in [-0.2, -0.15) is 0 Å². The normalized spacial score (nSPS) is 12.6. The Morgan fingerprint density at radius 2 is 1.50 bits per heavy atom. The van der Waals surface area contributed by atoms with Gasteiger partial charge in [0.05, 0.1) is 16.8 Å². The van der Waals surface area contributed by atoms with Crippen molar-refractivity contribution in [3.05, 3.63) is 88.0 Å². The fourth-order valence-corrected chi connectivity index (χ4v) is 4.70. The molecule has 3 aromatic carbocycles. The predicted molar refractivity (Wildman–Crippen MR) is 120 cm³/mol. The van der Waals surface area contributed by atoms with Gasteiger partial charge in [0.15, 0.2) is 11.6 Å². The Bertz CT molecular complexity index is 1140. The minimum Gasteiger partial charge on any atom is -0.507 e. The number of nitrogen functional groups attached to an aromatic ring is 1. The van der Waals surface area contributed by atoms with E-state index in [-0.39, 0.29) is 34.1 Å². The van der Waals surface area contributed by atoms with E-state index < -0.39 is 0 Å². The van der Waals surface area contributed by atoms with E-state index >= 15 is 0 Å². The summed E-state index contributed by atoms with van der Waals surface area (Å²) in [6.45, 7) is 2.18. The number of rotatable bonds is 6. The van der Waals surface area contributed by atoms with Gasteiger partial charge in [0.1, 0.15) is 5.75 Å². The van der Waals surface area contributed by atoms with E-state index in [1.165, 1.54) is 36.2 Å². The van der Waals surface area contributed by atoms with E-state index in [1.807, 2.05) is 0 Å². The van der Waals surface area contributed by atoms with E-state index in [1.54, 1.807) is 24.3 Å². The maximum atomic E-state index is 13.0. The van der Waals surface area contributed by atoms with Gasteiger partial charge in [0, 0.05) is 21.8 Å². The van der Waals surface area contributed by atoms with Crippen molar-refractivity contribution < 1.29 is 14.7 Å². The van der Waals surface area contributed by atoms with E-state index in [0.717, 1.165) is 12.0 Å². The number of aryl methyl sites for hydroxylation is 1. The van der Waals surface area contributed by atoms with Crippen LogP contribution in [0.2, 0.25) is 0 Å². The Morgan fingerprint density at radius 3 is 2.13 bits per heavy atom. The molecular weight excluding hydrogens is 394 g/mol. The molecule has 0 saturated heterocycles. The number of fused-ring (bicyclic) bond motifs is 2. The van der Waals surface area contributed by atoms with Crippen molar-refractivity contribution >= 4 is 29.0 Å². The van der Waals surface area contributed by atoms with E-state index in [2.05, 4.69) is 31.2 Å². The number of thioether (sulfide) groups is 1. The molecule has 0 aromatic heterocycles. The molecule has 0 bridgehead atoms. The van der Waals surface area contributed by atoms with Crippen molar-refractivity contribution in [1.29, 1.82) is 0 Å². The highest BCUT2D eigenvalue weighted by Crippen LogP contribution is 2.42. The molecule has 4 rings (SSSR count). The maximum Gasteiger partial charge on any atom is 0.198 e. The SMILES string of the molecule is CCCCc1ccc(CSc2cc(O)c3c(c2N)C(=O)c2ccccc2C3=O)cc1. The van der Waals surface area contributed by atoms with Crippen LogP contribution in [0.25, 0.3) is 0 Å². The Kier molecular flexibility index (Phi) is 5.64. The molecule has 0 amide bonds. The molecule has 0 spiro atoms. The highest BCUT2D eigenvalue weighted by atomic mass is 32.2. The molecule has 1 aliphatic rings. The number of benzene rings is 3. The Morgan fingerprint density at radius 1 is 0.900 bits per heavy atom. The van der Waals surface area contributed by atoms with Crippen molar-refractivity contribution in [2.24, 2.45) is 0 Å². The van der Waals surface area contributed by atoms with Crippen LogP contribution in [-0.4, -0.2) is 16.7 Å². The van der Waals surface area contributed by atoms with E-state index in [4.69, 9.17) is 5.73 Å². The van der Waals surface area contributed by atoms with Crippen LogP contribution >= 0.6 is 11.8 Å². The lowest BCUT2D eigenvalue weighted by molar-refractivity contribution is 0.0977. The third-order valence-electron chi connectivity index (χ3n) is 5.42. The zero-order valence-electron chi connectivity index (χ0n) is 16.8. The van der Waals surface area contributed by atoms with Gasteiger partial charge in [-0.25, -0.2) is 0 Å². The molecule has 0 fully saturated rings. The second kappa shape index (κ2) is 8.36. The van der Waals surface area contributed by atoms with Crippen LogP contribution in [0, 0.1) is 0 Å². The number of anilines is 1. The van der Waals surface area contributed by atoms with Crippen LogP contribution in [0.15, 0.2) is 59.5 Å². The first-order chi connectivity index (χ1) is 14.5. The Labute approximate surface area is 180 Å². The summed E-state index contributed by atoms with van der Waals surface area (Å²) in [6, 6.07) is 16.6. The lowest BCUT2D eigenvalue weighted by atomic mass is 9.83. The minimum absolute atomic E-state index is 0.000766. The molecule has 30 heavy (non-hydrogen) atoms. The number of hydrogen-bond donors (Lipinski definition) is 2. The van der Waals surface area contributed by atoms with Crippen molar-refractivity contribution in [2.45, 2.75) is 36.8 Å². The molecule has 0 unspecified atom stereocenters.